The number of hydrogen-bond acceptors (Lipinski definition) is 6. The van der Waals surface area contributed by atoms with Crippen molar-refractivity contribution in [3.8, 4) is 11.6 Å². The van der Waals surface area contributed by atoms with Crippen molar-refractivity contribution in [2.75, 3.05) is 19.8 Å². The first-order chi connectivity index (χ1) is 19.6. The summed E-state index contributed by atoms with van der Waals surface area (Å²) < 4.78 is 23.4. The summed E-state index contributed by atoms with van der Waals surface area (Å²) >= 11 is 0. The van der Waals surface area contributed by atoms with E-state index in [1.165, 1.54) is 17.2 Å². The summed E-state index contributed by atoms with van der Waals surface area (Å²) in [4.78, 5) is 17.1. The van der Waals surface area contributed by atoms with E-state index in [0.717, 1.165) is 42.5 Å². The number of ether oxygens (including phenoxy) is 4. The molecule has 0 saturated carbocycles. The molecule has 1 unspecified atom stereocenters. The van der Waals surface area contributed by atoms with Crippen molar-refractivity contribution in [3.05, 3.63) is 94.7 Å². The number of benzene rings is 2. The molecule has 0 aliphatic heterocycles. The third-order valence-electron chi connectivity index (χ3n) is 6.47. The Kier molecular flexibility index (Phi) is 13.2. The van der Waals surface area contributed by atoms with E-state index < -0.39 is 5.97 Å². The first-order valence-electron chi connectivity index (χ1n) is 14.4. The van der Waals surface area contributed by atoms with Crippen molar-refractivity contribution in [2.24, 2.45) is 0 Å². The summed E-state index contributed by atoms with van der Waals surface area (Å²) in [5.41, 5.74) is 5.15. The maximum absolute atomic E-state index is 12.2. The maximum atomic E-state index is 12.2. The number of carbonyl (C=O) groups is 1. The lowest BCUT2D eigenvalue weighted by atomic mass is 10.0. The van der Waals surface area contributed by atoms with E-state index in [9.17, 15) is 4.79 Å². The molecule has 1 heterocycles. The average Bonchev–Trinajstić information content (AvgIpc) is 2.98. The zero-order valence-corrected chi connectivity index (χ0v) is 24.4. The van der Waals surface area contributed by atoms with Gasteiger partial charge in [0.15, 0.2) is 0 Å². The van der Waals surface area contributed by atoms with Crippen LogP contribution in [0.4, 0.5) is 0 Å². The summed E-state index contributed by atoms with van der Waals surface area (Å²) in [7, 11) is 0. The van der Waals surface area contributed by atoms with Crippen molar-refractivity contribution in [1.29, 1.82) is 0 Å². The number of aromatic nitrogens is 1. The van der Waals surface area contributed by atoms with Crippen LogP contribution in [-0.2, 0) is 40.1 Å². The van der Waals surface area contributed by atoms with E-state index in [-0.39, 0.29) is 6.10 Å². The molecule has 40 heavy (non-hydrogen) atoms. The second kappa shape index (κ2) is 17.1. The standard InChI is InChI=1S/C34H43NO5/c1-5-12-26-15-17-27(18-16-26)19-21-31-30(20-22-34(36)38-8-4)32(39-24-28-13-10-9-11-14-28)23-33(35-31)40-25-29(6-2)37-7-3/h9-11,13-18,20,22-23,29H,5-8,12,19,21,24-25H2,1-4H3/b22-20+. The molecule has 1 atom stereocenters. The third kappa shape index (κ3) is 10.2. The minimum Gasteiger partial charge on any atom is -0.488 e. The highest BCUT2D eigenvalue weighted by atomic mass is 16.5. The fraction of sp³-hybridized carbons (Fsp3) is 0.412. The van der Waals surface area contributed by atoms with E-state index in [1.54, 1.807) is 19.1 Å². The van der Waals surface area contributed by atoms with Gasteiger partial charge in [-0.05, 0) is 62.3 Å². The highest BCUT2D eigenvalue weighted by Gasteiger charge is 2.16. The molecular weight excluding hydrogens is 502 g/mol. The van der Waals surface area contributed by atoms with Gasteiger partial charge in [0.05, 0.1) is 18.4 Å². The lowest BCUT2D eigenvalue weighted by Gasteiger charge is -2.18. The quantitative estimate of drug-likeness (QED) is 0.132. The largest absolute Gasteiger partial charge is 0.488 e. The Labute approximate surface area is 239 Å². The average molecular weight is 546 g/mol. The van der Waals surface area contributed by atoms with Gasteiger partial charge in [-0.2, -0.15) is 0 Å². The van der Waals surface area contributed by atoms with Crippen molar-refractivity contribution in [2.45, 2.75) is 72.5 Å². The minimum atomic E-state index is -0.406. The molecule has 0 aliphatic carbocycles. The number of rotatable bonds is 17. The summed E-state index contributed by atoms with van der Waals surface area (Å²) in [6, 6.07) is 20.5. The smallest absolute Gasteiger partial charge is 0.330 e. The fourth-order valence-electron chi connectivity index (χ4n) is 4.32. The normalized spacial score (nSPS) is 11.9. The molecule has 6 heteroatoms. The second-order valence-corrected chi connectivity index (χ2v) is 9.54. The lowest BCUT2D eigenvalue weighted by molar-refractivity contribution is -0.137. The molecular formula is C34H43NO5. The molecule has 0 radical (unpaired) electrons. The van der Waals surface area contributed by atoms with E-state index in [0.29, 0.717) is 44.5 Å². The van der Waals surface area contributed by atoms with Crippen LogP contribution in [0.2, 0.25) is 0 Å². The first kappa shape index (κ1) is 30.9. The van der Waals surface area contributed by atoms with Crippen LogP contribution in [0.15, 0.2) is 66.7 Å². The minimum absolute atomic E-state index is 0.0195. The Morgan fingerprint density at radius 1 is 0.850 bits per heavy atom. The molecule has 2 aromatic carbocycles. The topological polar surface area (TPSA) is 66.9 Å². The number of esters is 1. The van der Waals surface area contributed by atoms with Crippen LogP contribution in [0, 0.1) is 0 Å². The van der Waals surface area contributed by atoms with Crippen LogP contribution >= 0.6 is 0 Å². The lowest BCUT2D eigenvalue weighted by Crippen LogP contribution is -2.21. The van der Waals surface area contributed by atoms with Gasteiger partial charge in [0.2, 0.25) is 5.88 Å². The molecule has 0 N–H and O–H groups in total. The summed E-state index contributed by atoms with van der Waals surface area (Å²) in [5, 5.41) is 0. The molecule has 6 nitrogen and oxygen atoms in total. The van der Waals surface area contributed by atoms with Crippen LogP contribution in [-0.4, -0.2) is 36.9 Å². The highest BCUT2D eigenvalue weighted by molar-refractivity contribution is 5.87. The molecule has 1 aromatic heterocycles. The third-order valence-corrected chi connectivity index (χ3v) is 6.47. The number of carbonyl (C=O) groups excluding carboxylic acids is 1. The molecule has 214 valence electrons. The van der Waals surface area contributed by atoms with Gasteiger partial charge in [-0.3, -0.25) is 0 Å². The van der Waals surface area contributed by atoms with Gasteiger partial charge in [-0.15, -0.1) is 0 Å². The Morgan fingerprint density at radius 2 is 1.57 bits per heavy atom. The number of aryl methyl sites for hydroxylation is 3. The molecule has 0 bridgehead atoms. The monoisotopic (exact) mass is 545 g/mol. The van der Waals surface area contributed by atoms with Crippen molar-refractivity contribution in [1.82, 2.24) is 4.98 Å². The molecule has 0 amide bonds. The first-order valence-corrected chi connectivity index (χ1v) is 14.4. The zero-order valence-electron chi connectivity index (χ0n) is 24.4. The molecule has 0 saturated heterocycles. The number of pyridine rings is 1. The van der Waals surface area contributed by atoms with Crippen LogP contribution in [0.1, 0.15) is 68.5 Å². The van der Waals surface area contributed by atoms with Crippen molar-refractivity contribution >= 4 is 12.0 Å². The Balaban J connectivity index is 1.94. The predicted molar refractivity (Wildman–Crippen MR) is 160 cm³/mol. The van der Waals surface area contributed by atoms with Gasteiger partial charge in [0.1, 0.15) is 19.0 Å². The SMILES string of the molecule is CCCc1ccc(CCc2nc(OCC(CC)OCC)cc(OCc3ccccc3)c2/C=C/C(=O)OCC)cc1. The van der Waals surface area contributed by atoms with Crippen molar-refractivity contribution in [3.63, 3.8) is 0 Å². The van der Waals surface area contributed by atoms with Gasteiger partial charge < -0.3 is 18.9 Å². The van der Waals surface area contributed by atoms with E-state index in [1.807, 2.05) is 37.3 Å². The molecule has 0 spiro atoms. The van der Waals surface area contributed by atoms with Gasteiger partial charge in [0.25, 0.3) is 0 Å². The van der Waals surface area contributed by atoms with Gasteiger partial charge in [-0.1, -0.05) is 74.9 Å². The van der Waals surface area contributed by atoms with Gasteiger partial charge in [0, 0.05) is 24.3 Å². The molecule has 0 aliphatic rings. The fourth-order valence-corrected chi connectivity index (χ4v) is 4.32. The van der Waals surface area contributed by atoms with E-state index >= 15 is 0 Å². The Bertz CT molecular complexity index is 1190. The summed E-state index contributed by atoms with van der Waals surface area (Å²) in [6.45, 7) is 9.74. The van der Waals surface area contributed by atoms with E-state index in [4.69, 9.17) is 23.9 Å². The van der Waals surface area contributed by atoms with E-state index in [2.05, 4.69) is 38.1 Å². The number of hydrogen-bond donors (Lipinski definition) is 0. The van der Waals surface area contributed by atoms with Gasteiger partial charge >= 0.3 is 5.97 Å². The molecule has 3 rings (SSSR count). The predicted octanol–water partition coefficient (Wildman–Crippen LogP) is 7.17. The Hall–Kier alpha value is -3.64. The number of nitrogens with zero attached hydrogens (tertiary/aromatic N) is 1. The zero-order chi connectivity index (χ0) is 28.6. The van der Waals surface area contributed by atoms with Crippen LogP contribution < -0.4 is 9.47 Å². The van der Waals surface area contributed by atoms with Crippen LogP contribution in [0.3, 0.4) is 0 Å². The Morgan fingerprint density at radius 3 is 2.23 bits per heavy atom. The summed E-state index contributed by atoms with van der Waals surface area (Å²) in [6.07, 6.45) is 7.63. The summed E-state index contributed by atoms with van der Waals surface area (Å²) in [5.74, 6) is 0.673. The maximum Gasteiger partial charge on any atom is 0.330 e. The molecule has 0 fully saturated rings. The van der Waals surface area contributed by atoms with Crippen LogP contribution in [0.5, 0.6) is 11.6 Å². The molecule has 3 aromatic rings. The van der Waals surface area contributed by atoms with Gasteiger partial charge in [-0.25, -0.2) is 9.78 Å². The van der Waals surface area contributed by atoms with Crippen LogP contribution in [0.25, 0.3) is 6.08 Å². The second-order valence-electron chi connectivity index (χ2n) is 9.54. The van der Waals surface area contributed by atoms with Crippen molar-refractivity contribution < 1.29 is 23.7 Å². The highest BCUT2D eigenvalue weighted by Crippen LogP contribution is 2.30.